The molecule has 1 unspecified atom stereocenters. The van der Waals surface area contributed by atoms with Crippen molar-refractivity contribution in [2.24, 2.45) is 0 Å². The highest BCUT2D eigenvalue weighted by Gasteiger charge is 2.17. The van der Waals surface area contributed by atoms with Crippen molar-refractivity contribution in [1.82, 2.24) is 0 Å². The van der Waals surface area contributed by atoms with Gasteiger partial charge in [0.25, 0.3) is 0 Å². The van der Waals surface area contributed by atoms with Crippen LogP contribution in [0.25, 0.3) is 0 Å². The third-order valence-corrected chi connectivity index (χ3v) is 11.7. The first-order chi connectivity index (χ1) is 31.6. The van der Waals surface area contributed by atoms with Gasteiger partial charge < -0.3 is 14.2 Å². The van der Waals surface area contributed by atoms with Crippen LogP contribution in [-0.2, 0) is 23.8 Å². The second-order valence-corrected chi connectivity index (χ2v) is 18.1. The molecule has 370 valence electrons. The third-order valence-electron chi connectivity index (χ3n) is 11.7. The zero-order valence-corrected chi connectivity index (χ0v) is 42.5. The summed E-state index contributed by atoms with van der Waals surface area (Å²) in [5, 5.41) is 0. The molecular formula is C59H104O5. The van der Waals surface area contributed by atoms with Crippen LogP contribution in [0.4, 0.5) is 0 Å². The number of rotatable bonds is 50. The smallest absolute Gasteiger partial charge is 0.306 e. The maximum Gasteiger partial charge on any atom is 0.306 e. The monoisotopic (exact) mass is 893 g/mol. The van der Waals surface area contributed by atoms with Crippen molar-refractivity contribution in [2.45, 2.75) is 271 Å². The van der Waals surface area contributed by atoms with Crippen LogP contribution < -0.4 is 0 Å². The van der Waals surface area contributed by atoms with Gasteiger partial charge in [-0.1, -0.05) is 235 Å². The second-order valence-electron chi connectivity index (χ2n) is 18.1. The van der Waals surface area contributed by atoms with E-state index in [2.05, 4.69) is 93.7 Å². The van der Waals surface area contributed by atoms with Gasteiger partial charge in [0.15, 0.2) is 6.10 Å². The van der Waals surface area contributed by atoms with Gasteiger partial charge in [0.2, 0.25) is 0 Å². The van der Waals surface area contributed by atoms with Gasteiger partial charge in [-0.15, -0.1) is 0 Å². The van der Waals surface area contributed by atoms with Crippen molar-refractivity contribution in [2.75, 3.05) is 19.8 Å². The standard InChI is InChI=1S/C59H104O5/c1-4-7-10-13-16-19-22-25-28-29-30-33-36-39-42-45-48-51-54-62-55-57(64-59(61)53-50-47-44-41-38-35-32-27-24-21-18-15-12-9-6-3)56-63-58(60)52-49-46-43-40-37-34-31-26-23-20-17-14-11-8-5-2/h7,10,16,19,25-26,28,30-31,33,39,42,57H,4-6,8-9,11-15,17-18,20-24,27,29,32,34-38,40-41,43-56H2,1-3H3/b10-7-,19-16-,28-25-,31-26-,33-30-,42-39-. The van der Waals surface area contributed by atoms with Crippen molar-refractivity contribution in [1.29, 1.82) is 0 Å². The molecule has 0 aromatic rings. The van der Waals surface area contributed by atoms with E-state index in [-0.39, 0.29) is 25.2 Å². The summed E-state index contributed by atoms with van der Waals surface area (Å²) in [6, 6.07) is 0. The first-order valence-corrected chi connectivity index (χ1v) is 27.5. The Balaban J connectivity index is 4.35. The molecule has 0 bridgehead atoms. The van der Waals surface area contributed by atoms with Gasteiger partial charge >= 0.3 is 11.9 Å². The van der Waals surface area contributed by atoms with E-state index in [0.717, 1.165) is 89.9 Å². The Morgan fingerprint density at radius 3 is 1.14 bits per heavy atom. The lowest BCUT2D eigenvalue weighted by atomic mass is 10.0. The molecule has 0 spiro atoms. The predicted molar refractivity (Wildman–Crippen MR) is 279 cm³/mol. The van der Waals surface area contributed by atoms with Gasteiger partial charge in [0.1, 0.15) is 6.61 Å². The third kappa shape index (κ3) is 52.0. The molecule has 0 N–H and O–H groups in total. The maximum atomic E-state index is 12.8. The highest BCUT2D eigenvalue weighted by molar-refractivity contribution is 5.70. The van der Waals surface area contributed by atoms with Crippen LogP contribution in [-0.4, -0.2) is 37.9 Å². The van der Waals surface area contributed by atoms with Crippen molar-refractivity contribution in [3.63, 3.8) is 0 Å². The number of allylic oxidation sites excluding steroid dienone is 12. The van der Waals surface area contributed by atoms with E-state index in [1.165, 1.54) is 141 Å². The molecule has 0 heterocycles. The summed E-state index contributed by atoms with van der Waals surface area (Å²) in [5.74, 6) is -0.423. The lowest BCUT2D eigenvalue weighted by Crippen LogP contribution is -2.30. The molecule has 1 atom stereocenters. The van der Waals surface area contributed by atoms with Crippen LogP contribution >= 0.6 is 0 Å². The van der Waals surface area contributed by atoms with Crippen molar-refractivity contribution < 1.29 is 23.8 Å². The number of ether oxygens (including phenoxy) is 3. The van der Waals surface area contributed by atoms with E-state index in [4.69, 9.17) is 14.2 Å². The summed E-state index contributed by atoms with van der Waals surface area (Å²) < 4.78 is 17.4. The molecule has 0 aliphatic rings. The fraction of sp³-hybridized carbons (Fsp3) is 0.763. The van der Waals surface area contributed by atoms with E-state index >= 15 is 0 Å². The summed E-state index contributed by atoms with van der Waals surface area (Å²) in [6.45, 7) is 7.63. The normalized spacial score (nSPS) is 12.7. The van der Waals surface area contributed by atoms with Crippen LogP contribution in [0.3, 0.4) is 0 Å². The topological polar surface area (TPSA) is 61.8 Å². The summed E-state index contributed by atoms with van der Waals surface area (Å²) in [7, 11) is 0. The highest BCUT2D eigenvalue weighted by Crippen LogP contribution is 2.15. The number of hydrogen-bond donors (Lipinski definition) is 0. The summed E-state index contributed by atoms with van der Waals surface area (Å²) in [4.78, 5) is 25.5. The quantitative estimate of drug-likeness (QED) is 0.0346. The summed E-state index contributed by atoms with van der Waals surface area (Å²) >= 11 is 0. The minimum Gasteiger partial charge on any atom is -0.462 e. The predicted octanol–water partition coefficient (Wildman–Crippen LogP) is 18.7. The molecular weight excluding hydrogens is 789 g/mol. The Hall–Kier alpha value is -2.66. The zero-order valence-electron chi connectivity index (χ0n) is 42.5. The number of hydrogen-bond acceptors (Lipinski definition) is 5. The van der Waals surface area contributed by atoms with Crippen LogP contribution in [0.1, 0.15) is 265 Å². The molecule has 0 amide bonds. The Morgan fingerprint density at radius 2 is 0.703 bits per heavy atom. The van der Waals surface area contributed by atoms with Crippen molar-refractivity contribution >= 4 is 11.9 Å². The van der Waals surface area contributed by atoms with Crippen LogP contribution in [0.2, 0.25) is 0 Å². The molecule has 0 aromatic carbocycles. The van der Waals surface area contributed by atoms with Crippen LogP contribution in [0.5, 0.6) is 0 Å². The summed E-state index contributed by atoms with van der Waals surface area (Å²) in [6.07, 6.45) is 70.6. The Bertz CT molecular complexity index is 1150. The van der Waals surface area contributed by atoms with E-state index < -0.39 is 6.10 Å². The SMILES string of the molecule is CC/C=C\C/C=C\C/C=C\C/C=C\C/C=C\CCCCOCC(COC(=O)CCCCCCC/C=C\CCCCCCCC)OC(=O)CCCCCCCCCCCCCCCCC. The number of carbonyl (C=O) groups excluding carboxylic acids is 2. The Kier molecular flexibility index (Phi) is 52.4. The molecule has 0 rings (SSSR count). The van der Waals surface area contributed by atoms with E-state index in [0.29, 0.717) is 19.4 Å². The Morgan fingerprint density at radius 1 is 0.359 bits per heavy atom. The van der Waals surface area contributed by atoms with Gasteiger partial charge in [0.05, 0.1) is 6.61 Å². The van der Waals surface area contributed by atoms with E-state index in [9.17, 15) is 9.59 Å². The maximum absolute atomic E-state index is 12.8. The second kappa shape index (κ2) is 54.7. The van der Waals surface area contributed by atoms with Gasteiger partial charge in [-0.25, -0.2) is 0 Å². The number of unbranched alkanes of at least 4 members (excludes halogenated alkanes) is 27. The average Bonchev–Trinajstić information content (AvgIpc) is 3.30. The van der Waals surface area contributed by atoms with Crippen molar-refractivity contribution in [3.05, 3.63) is 72.9 Å². The first-order valence-electron chi connectivity index (χ1n) is 27.5. The number of carbonyl (C=O) groups is 2. The van der Waals surface area contributed by atoms with Gasteiger partial charge in [0, 0.05) is 19.4 Å². The zero-order chi connectivity index (χ0) is 46.3. The average molecular weight is 893 g/mol. The largest absolute Gasteiger partial charge is 0.462 e. The summed E-state index contributed by atoms with van der Waals surface area (Å²) in [5.41, 5.74) is 0. The molecule has 0 saturated carbocycles. The molecule has 0 saturated heterocycles. The van der Waals surface area contributed by atoms with E-state index in [1.807, 2.05) is 0 Å². The first kappa shape index (κ1) is 61.3. The minimum absolute atomic E-state index is 0.0640. The molecule has 0 fully saturated rings. The molecule has 64 heavy (non-hydrogen) atoms. The molecule has 0 aliphatic heterocycles. The Labute approximate surface area is 397 Å². The molecule has 5 heteroatoms. The number of esters is 2. The molecule has 0 aromatic heterocycles. The molecule has 5 nitrogen and oxygen atoms in total. The van der Waals surface area contributed by atoms with E-state index in [1.54, 1.807) is 0 Å². The minimum atomic E-state index is -0.562. The van der Waals surface area contributed by atoms with Gasteiger partial charge in [-0.2, -0.15) is 0 Å². The molecule has 0 aliphatic carbocycles. The van der Waals surface area contributed by atoms with Crippen LogP contribution in [0.15, 0.2) is 72.9 Å². The fourth-order valence-electron chi connectivity index (χ4n) is 7.65. The van der Waals surface area contributed by atoms with Crippen molar-refractivity contribution in [3.8, 4) is 0 Å². The molecule has 0 radical (unpaired) electrons. The lowest BCUT2D eigenvalue weighted by molar-refractivity contribution is -0.163. The van der Waals surface area contributed by atoms with Gasteiger partial charge in [-0.3, -0.25) is 9.59 Å². The lowest BCUT2D eigenvalue weighted by Gasteiger charge is -2.18. The fourth-order valence-corrected chi connectivity index (χ4v) is 7.65. The highest BCUT2D eigenvalue weighted by atomic mass is 16.6. The van der Waals surface area contributed by atoms with Gasteiger partial charge in [-0.05, 0) is 89.9 Å². The van der Waals surface area contributed by atoms with Crippen LogP contribution in [0, 0.1) is 0 Å².